The molecule has 1 unspecified atom stereocenters. The summed E-state index contributed by atoms with van der Waals surface area (Å²) < 4.78 is 20.0. The summed E-state index contributed by atoms with van der Waals surface area (Å²) in [5.41, 5.74) is 4.16. The van der Waals surface area contributed by atoms with Crippen LogP contribution in [0.3, 0.4) is 0 Å². The second kappa shape index (κ2) is 12.3. The molecule has 1 N–H and O–H groups in total. The zero-order valence-electron chi connectivity index (χ0n) is 22.5. The van der Waals surface area contributed by atoms with E-state index >= 15 is 0 Å². The molecule has 0 radical (unpaired) electrons. The Morgan fingerprint density at radius 2 is 1.95 bits per heavy atom. The molecule has 1 aromatic heterocycles. The average molecular weight is 602 g/mol. The normalized spacial score (nSPS) is 14.8. The van der Waals surface area contributed by atoms with Gasteiger partial charge >= 0.3 is 5.97 Å². The highest BCUT2D eigenvalue weighted by atomic mass is 79.9. The maximum atomic E-state index is 13.3. The van der Waals surface area contributed by atoms with Gasteiger partial charge in [-0.05, 0) is 73.3 Å². The summed E-state index contributed by atoms with van der Waals surface area (Å²) in [7, 11) is 1.60. The molecule has 38 heavy (non-hydrogen) atoms. The third kappa shape index (κ3) is 6.18. The van der Waals surface area contributed by atoms with Gasteiger partial charge in [-0.2, -0.15) is 4.98 Å². The van der Waals surface area contributed by atoms with Gasteiger partial charge in [0, 0.05) is 11.4 Å². The van der Waals surface area contributed by atoms with Crippen molar-refractivity contribution in [3.8, 4) is 11.5 Å². The molecule has 0 saturated carbocycles. The summed E-state index contributed by atoms with van der Waals surface area (Å²) in [6, 6.07) is 11.4. The molecule has 0 fully saturated rings. The lowest BCUT2D eigenvalue weighted by molar-refractivity contribution is -0.143. The van der Waals surface area contributed by atoms with Crippen molar-refractivity contribution in [1.82, 2.24) is 14.8 Å². The number of nitrogens with zero attached hydrogens (tertiary/aromatic N) is 3. The number of carbonyl (C=O) groups is 1. The van der Waals surface area contributed by atoms with Gasteiger partial charge in [0.2, 0.25) is 11.1 Å². The lowest BCUT2D eigenvalue weighted by Crippen LogP contribution is -2.30. The summed E-state index contributed by atoms with van der Waals surface area (Å²) >= 11 is 5.26. The number of aryl methyl sites for hydroxylation is 1. The minimum absolute atomic E-state index is 0.268. The predicted molar refractivity (Wildman–Crippen MR) is 153 cm³/mol. The fourth-order valence-electron chi connectivity index (χ4n) is 4.11. The van der Waals surface area contributed by atoms with Crippen LogP contribution in [0, 0.1) is 6.92 Å². The first-order valence-electron chi connectivity index (χ1n) is 12.6. The van der Waals surface area contributed by atoms with Crippen LogP contribution >= 0.6 is 27.7 Å². The van der Waals surface area contributed by atoms with Gasteiger partial charge in [-0.3, -0.25) is 0 Å². The highest BCUT2D eigenvalue weighted by molar-refractivity contribution is 9.10. The van der Waals surface area contributed by atoms with Crippen molar-refractivity contribution in [2.45, 2.75) is 64.9 Å². The summed E-state index contributed by atoms with van der Waals surface area (Å²) in [6.07, 6.45) is 0.734. The number of rotatable bonds is 10. The number of methoxy groups -OCH3 is 1. The van der Waals surface area contributed by atoms with Crippen LogP contribution in [0.4, 0.5) is 5.95 Å². The van der Waals surface area contributed by atoms with Crippen molar-refractivity contribution < 1.29 is 19.0 Å². The number of hydrogen-bond acceptors (Lipinski definition) is 8. The van der Waals surface area contributed by atoms with Gasteiger partial charge < -0.3 is 19.5 Å². The molecule has 0 spiro atoms. The number of anilines is 1. The highest BCUT2D eigenvalue weighted by Crippen LogP contribution is 2.43. The molecule has 0 aliphatic carbocycles. The largest absolute Gasteiger partial charge is 0.493 e. The number of esters is 1. The van der Waals surface area contributed by atoms with Crippen LogP contribution in [-0.2, 0) is 16.1 Å². The summed E-state index contributed by atoms with van der Waals surface area (Å²) in [5.74, 6) is 2.18. The van der Waals surface area contributed by atoms with E-state index in [2.05, 4.69) is 52.2 Å². The number of aromatic nitrogens is 3. The molecule has 1 aliphatic heterocycles. The number of ether oxygens (including phenoxy) is 3. The summed E-state index contributed by atoms with van der Waals surface area (Å²) in [6.45, 7) is 10.1. The Hall–Kier alpha value is -2.98. The number of allylic oxidation sites excluding steroid dienone is 1. The molecule has 8 nitrogen and oxygen atoms in total. The molecular weight excluding hydrogens is 568 g/mol. The number of thioether (sulfide) groups is 1. The molecule has 0 saturated heterocycles. The number of benzene rings is 2. The van der Waals surface area contributed by atoms with E-state index in [1.54, 1.807) is 23.6 Å². The third-order valence-electron chi connectivity index (χ3n) is 5.90. The molecule has 202 valence electrons. The second-order valence-corrected chi connectivity index (χ2v) is 11.3. The number of fused-ring (bicyclic) bond motifs is 1. The van der Waals surface area contributed by atoms with E-state index in [9.17, 15) is 4.79 Å². The summed E-state index contributed by atoms with van der Waals surface area (Å²) in [5, 5.41) is 8.65. The van der Waals surface area contributed by atoms with Gasteiger partial charge in [0.25, 0.3) is 0 Å². The molecule has 10 heteroatoms. The fraction of sp³-hybridized carbons (Fsp3) is 0.393. The zero-order chi connectivity index (χ0) is 27.4. The Bertz CT molecular complexity index is 1340. The van der Waals surface area contributed by atoms with E-state index in [1.165, 1.54) is 5.56 Å². The van der Waals surface area contributed by atoms with E-state index in [-0.39, 0.29) is 6.10 Å². The number of halogens is 1. The van der Waals surface area contributed by atoms with Gasteiger partial charge in [-0.15, -0.1) is 5.10 Å². The van der Waals surface area contributed by atoms with Crippen LogP contribution in [0.5, 0.6) is 11.5 Å². The Morgan fingerprint density at radius 1 is 1.21 bits per heavy atom. The first kappa shape index (κ1) is 28.0. The van der Waals surface area contributed by atoms with E-state index < -0.39 is 12.0 Å². The van der Waals surface area contributed by atoms with Crippen molar-refractivity contribution in [1.29, 1.82) is 0 Å². The maximum absolute atomic E-state index is 13.3. The molecular formula is C28H33BrN4O4S. The second-order valence-electron chi connectivity index (χ2n) is 9.34. The van der Waals surface area contributed by atoms with Crippen LogP contribution in [0.25, 0.3) is 0 Å². The van der Waals surface area contributed by atoms with Crippen LogP contribution in [0.1, 0.15) is 56.8 Å². The Morgan fingerprint density at radius 3 is 2.61 bits per heavy atom. The minimum Gasteiger partial charge on any atom is -0.493 e. The minimum atomic E-state index is -0.572. The van der Waals surface area contributed by atoms with E-state index in [1.807, 2.05) is 45.0 Å². The van der Waals surface area contributed by atoms with E-state index in [0.29, 0.717) is 45.0 Å². The molecule has 2 heterocycles. The maximum Gasteiger partial charge on any atom is 0.338 e. The molecule has 2 aromatic carbocycles. The lowest BCUT2D eigenvalue weighted by atomic mass is 9.95. The summed E-state index contributed by atoms with van der Waals surface area (Å²) in [4.78, 5) is 18.0. The lowest BCUT2D eigenvalue weighted by Gasteiger charge is -2.29. The fourth-order valence-corrected chi connectivity index (χ4v) is 5.37. The van der Waals surface area contributed by atoms with E-state index in [0.717, 1.165) is 23.3 Å². The predicted octanol–water partition coefficient (Wildman–Crippen LogP) is 6.68. The number of nitrogens with one attached hydrogen (secondary N) is 1. The van der Waals surface area contributed by atoms with E-state index in [4.69, 9.17) is 19.3 Å². The van der Waals surface area contributed by atoms with Crippen LogP contribution in [0.2, 0.25) is 0 Å². The quantitative estimate of drug-likeness (QED) is 0.204. The van der Waals surface area contributed by atoms with Gasteiger partial charge in [0.15, 0.2) is 11.5 Å². The molecule has 1 aliphatic rings. The van der Waals surface area contributed by atoms with Crippen molar-refractivity contribution >= 4 is 39.6 Å². The molecule has 3 aromatic rings. The van der Waals surface area contributed by atoms with Crippen molar-refractivity contribution in [3.63, 3.8) is 0 Å². The highest BCUT2D eigenvalue weighted by Gasteiger charge is 2.36. The molecule has 4 rings (SSSR count). The molecule has 1 atom stereocenters. The topological polar surface area (TPSA) is 87.5 Å². The van der Waals surface area contributed by atoms with Crippen LogP contribution in [0.15, 0.2) is 57.3 Å². The zero-order valence-corrected chi connectivity index (χ0v) is 24.9. The molecule has 0 bridgehead atoms. The van der Waals surface area contributed by atoms with Gasteiger partial charge in [-0.25, -0.2) is 9.48 Å². The van der Waals surface area contributed by atoms with Crippen molar-refractivity contribution in [2.75, 3.05) is 18.2 Å². The third-order valence-corrected chi connectivity index (χ3v) is 7.53. The van der Waals surface area contributed by atoms with Crippen molar-refractivity contribution in [3.05, 3.63) is 68.8 Å². The van der Waals surface area contributed by atoms with Gasteiger partial charge in [0.1, 0.15) is 12.6 Å². The molecule has 0 amide bonds. The van der Waals surface area contributed by atoms with Crippen LogP contribution < -0.4 is 14.8 Å². The number of hydrogen-bond donors (Lipinski definition) is 1. The van der Waals surface area contributed by atoms with Crippen LogP contribution in [-0.4, -0.2) is 39.7 Å². The number of carbonyl (C=O) groups excluding carboxylic acids is 1. The average Bonchev–Trinajstić information content (AvgIpc) is 3.28. The first-order valence-corrected chi connectivity index (χ1v) is 14.3. The first-order chi connectivity index (χ1) is 18.2. The monoisotopic (exact) mass is 600 g/mol. The Balaban J connectivity index is 1.75. The van der Waals surface area contributed by atoms with Crippen molar-refractivity contribution in [2.24, 2.45) is 0 Å². The standard InChI is InChI=1S/C28H33BrN4O4S/c1-7-12-38-28-31-27-30-18(5)23(26(34)37-16(2)3)24(33(27)32-28)20-13-21(29)25(22(14-20)35-6)36-15-19-10-8-17(4)9-11-19/h8-11,13-14,16,24H,7,12,15H2,1-6H3,(H,30,31,32). The Kier molecular flexibility index (Phi) is 9.04. The SMILES string of the molecule is CCCSc1nc2n(n1)C(c1cc(Br)c(OCc3ccc(C)cc3)c(OC)c1)C(C(=O)OC(C)C)=C(C)N2. The Labute approximate surface area is 236 Å². The van der Waals surface area contributed by atoms with Gasteiger partial charge in [-0.1, -0.05) is 48.5 Å². The smallest absolute Gasteiger partial charge is 0.338 e. The van der Waals surface area contributed by atoms with Gasteiger partial charge in [0.05, 0.1) is 23.3 Å².